The van der Waals surface area contributed by atoms with Crippen molar-refractivity contribution in [2.45, 2.75) is 39.7 Å². The fourth-order valence-electron chi connectivity index (χ4n) is 2.67. The molecule has 0 aromatic carbocycles. The second-order valence-corrected chi connectivity index (χ2v) is 6.16. The standard InChI is InChI=1S/C15H24N4O2/c1-10(2)14(15(20)21)18-12-7-13(17-9-16-12)19-6-4-5-11(3)8-19/h7,9-11,14H,4-6,8H2,1-3H3,(H,20,21)(H,16,17,18)/t11?,14-/m0/s1. The van der Waals surface area contributed by atoms with Gasteiger partial charge >= 0.3 is 5.97 Å². The molecule has 2 N–H and O–H groups in total. The first-order valence-electron chi connectivity index (χ1n) is 7.53. The number of carboxylic acids is 1. The Labute approximate surface area is 125 Å². The van der Waals surface area contributed by atoms with Gasteiger partial charge in [-0.2, -0.15) is 0 Å². The predicted molar refractivity (Wildman–Crippen MR) is 82.5 cm³/mol. The molecule has 1 unspecified atom stereocenters. The van der Waals surface area contributed by atoms with Crippen molar-refractivity contribution in [3.05, 3.63) is 12.4 Å². The monoisotopic (exact) mass is 292 g/mol. The van der Waals surface area contributed by atoms with E-state index in [1.807, 2.05) is 19.9 Å². The zero-order valence-electron chi connectivity index (χ0n) is 12.9. The molecule has 21 heavy (non-hydrogen) atoms. The summed E-state index contributed by atoms with van der Waals surface area (Å²) in [5.74, 6) is 1.21. The SMILES string of the molecule is CC1CCCN(c2cc(N[C@H](C(=O)O)C(C)C)ncn2)C1. The average Bonchev–Trinajstić information content (AvgIpc) is 2.44. The number of hydrogen-bond donors (Lipinski definition) is 2. The maximum absolute atomic E-state index is 11.3. The number of anilines is 2. The van der Waals surface area contributed by atoms with Gasteiger partial charge in [0.05, 0.1) is 0 Å². The number of piperidine rings is 1. The summed E-state index contributed by atoms with van der Waals surface area (Å²) in [6.07, 6.45) is 3.91. The molecule has 1 fully saturated rings. The summed E-state index contributed by atoms with van der Waals surface area (Å²) in [5.41, 5.74) is 0. The number of nitrogens with zero attached hydrogens (tertiary/aromatic N) is 3. The molecule has 1 aliphatic rings. The minimum Gasteiger partial charge on any atom is -0.480 e. The van der Waals surface area contributed by atoms with Crippen molar-refractivity contribution in [2.75, 3.05) is 23.3 Å². The van der Waals surface area contributed by atoms with Crippen LogP contribution in [-0.2, 0) is 4.79 Å². The highest BCUT2D eigenvalue weighted by molar-refractivity contribution is 5.77. The predicted octanol–water partition coefficient (Wildman–Crippen LogP) is 2.23. The maximum Gasteiger partial charge on any atom is 0.326 e. The number of nitrogens with one attached hydrogen (secondary N) is 1. The molecule has 1 aliphatic heterocycles. The van der Waals surface area contributed by atoms with Crippen molar-refractivity contribution in [3.8, 4) is 0 Å². The smallest absolute Gasteiger partial charge is 0.326 e. The van der Waals surface area contributed by atoms with Crippen LogP contribution in [0.1, 0.15) is 33.6 Å². The van der Waals surface area contributed by atoms with Crippen LogP contribution in [0, 0.1) is 11.8 Å². The maximum atomic E-state index is 11.3. The second-order valence-electron chi connectivity index (χ2n) is 6.16. The zero-order valence-corrected chi connectivity index (χ0v) is 12.9. The van der Waals surface area contributed by atoms with Crippen LogP contribution >= 0.6 is 0 Å². The Morgan fingerprint density at radius 3 is 2.86 bits per heavy atom. The van der Waals surface area contributed by atoms with E-state index < -0.39 is 12.0 Å². The quantitative estimate of drug-likeness (QED) is 0.866. The van der Waals surface area contributed by atoms with E-state index in [0.29, 0.717) is 11.7 Å². The molecular formula is C15H24N4O2. The van der Waals surface area contributed by atoms with Crippen LogP contribution in [0.4, 0.5) is 11.6 Å². The summed E-state index contributed by atoms with van der Waals surface area (Å²) >= 11 is 0. The Morgan fingerprint density at radius 2 is 2.24 bits per heavy atom. The molecule has 1 aromatic rings. The van der Waals surface area contributed by atoms with E-state index in [1.54, 1.807) is 0 Å². The number of carbonyl (C=O) groups is 1. The molecule has 0 aliphatic carbocycles. The van der Waals surface area contributed by atoms with E-state index >= 15 is 0 Å². The fraction of sp³-hybridized carbons (Fsp3) is 0.667. The Hall–Kier alpha value is -1.85. The highest BCUT2D eigenvalue weighted by Gasteiger charge is 2.22. The number of rotatable bonds is 5. The molecule has 6 heteroatoms. The van der Waals surface area contributed by atoms with E-state index in [9.17, 15) is 9.90 Å². The molecule has 2 rings (SSSR count). The van der Waals surface area contributed by atoms with Gasteiger partial charge in [0.15, 0.2) is 0 Å². The summed E-state index contributed by atoms with van der Waals surface area (Å²) in [5, 5.41) is 12.2. The van der Waals surface area contributed by atoms with Gasteiger partial charge in [0, 0.05) is 19.2 Å². The molecule has 0 spiro atoms. The van der Waals surface area contributed by atoms with E-state index in [-0.39, 0.29) is 5.92 Å². The molecule has 0 saturated carbocycles. The lowest BCUT2D eigenvalue weighted by Gasteiger charge is -2.32. The van der Waals surface area contributed by atoms with Crippen LogP contribution in [0.15, 0.2) is 12.4 Å². The van der Waals surface area contributed by atoms with Crippen molar-refractivity contribution >= 4 is 17.6 Å². The molecular weight excluding hydrogens is 268 g/mol. The average molecular weight is 292 g/mol. The third-order valence-corrected chi connectivity index (χ3v) is 3.87. The van der Waals surface area contributed by atoms with Gasteiger partial charge in [-0.1, -0.05) is 20.8 Å². The van der Waals surface area contributed by atoms with E-state index in [2.05, 4.69) is 27.1 Å². The van der Waals surface area contributed by atoms with E-state index in [4.69, 9.17) is 0 Å². The third kappa shape index (κ3) is 4.06. The first kappa shape index (κ1) is 15.5. The van der Waals surface area contributed by atoms with Gasteiger partial charge in [-0.05, 0) is 24.7 Å². The molecule has 1 saturated heterocycles. The summed E-state index contributed by atoms with van der Waals surface area (Å²) in [7, 11) is 0. The molecule has 2 heterocycles. The molecule has 1 aromatic heterocycles. The number of aliphatic carboxylic acids is 1. The van der Waals surface area contributed by atoms with Crippen LogP contribution in [-0.4, -0.2) is 40.2 Å². The largest absolute Gasteiger partial charge is 0.480 e. The van der Waals surface area contributed by atoms with Gasteiger partial charge < -0.3 is 15.3 Å². The lowest BCUT2D eigenvalue weighted by Crippen LogP contribution is -2.36. The first-order valence-corrected chi connectivity index (χ1v) is 7.53. The minimum atomic E-state index is -0.864. The lowest BCUT2D eigenvalue weighted by molar-refractivity contribution is -0.138. The summed E-state index contributed by atoms with van der Waals surface area (Å²) in [4.78, 5) is 22.0. The van der Waals surface area contributed by atoms with Crippen LogP contribution < -0.4 is 10.2 Å². The highest BCUT2D eigenvalue weighted by atomic mass is 16.4. The Kier molecular flexibility index (Phi) is 4.98. The van der Waals surface area contributed by atoms with Crippen LogP contribution in [0.25, 0.3) is 0 Å². The van der Waals surface area contributed by atoms with Gasteiger partial charge in [-0.25, -0.2) is 14.8 Å². The normalized spacial score (nSPS) is 20.4. The first-order chi connectivity index (χ1) is 9.97. The van der Waals surface area contributed by atoms with Gasteiger partial charge in [-0.15, -0.1) is 0 Å². The summed E-state index contributed by atoms with van der Waals surface area (Å²) in [6.45, 7) is 7.97. The van der Waals surface area contributed by atoms with Crippen molar-refractivity contribution in [1.29, 1.82) is 0 Å². The lowest BCUT2D eigenvalue weighted by atomic mass is 10.0. The Bertz CT molecular complexity index is 492. The molecule has 116 valence electrons. The molecule has 0 amide bonds. The van der Waals surface area contributed by atoms with Gasteiger partial charge in [-0.3, -0.25) is 0 Å². The molecule has 0 radical (unpaired) electrons. The number of aromatic nitrogens is 2. The third-order valence-electron chi connectivity index (χ3n) is 3.87. The summed E-state index contributed by atoms with van der Waals surface area (Å²) in [6, 6.07) is 1.20. The molecule has 0 bridgehead atoms. The second kappa shape index (κ2) is 6.74. The van der Waals surface area contributed by atoms with Gasteiger partial charge in [0.2, 0.25) is 0 Å². The summed E-state index contributed by atoms with van der Waals surface area (Å²) < 4.78 is 0. The van der Waals surface area contributed by atoms with Crippen LogP contribution in [0.5, 0.6) is 0 Å². The number of hydrogen-bond acceptors (Lipinski definition) is 5. The fourth-order valence-corrected chi connectivity index (χ4v) is 2.67. The van der Waals surface area contributed by atoms with E-state index in [1.165, 1.54) is 12.7 Å². The Balaban J connectivity index is 2.11. The van der Waals surface area contributed by atoms with Crippen LogP contribution in [0.2, 0.25) is 0 Å². The zero-order chi connectivity index (χ0) is 15.4. The van der Waals surface area contributed by atoms with Crippen molar-refractivity contribution in [1.82, 2.24) is 9.97 Å². The van der Waals surface area contributed by atoms with E-state index in [0.717, 1.165) is 25.3 Å². The molecule has 6 nitrogen and oxygen atoms in total. The topological polar surface area (TPSA) is 78.4 Å². The van der Waals surface area contributed by atoms with Crippen molar-refractivity contribution in [2.24, 2.45) is 11.8 Å². The van der Waals surface area contributed by atoms with Crippen molar-refractivity contribution in [3.63, 3.8) is 0 Å². The van der Waals surface area contributed by atoms with Gasteiger partial charge in [0.1, 0.15) is 24.0 Å². The Morgan fingerprint density at radius 1 is 1.48 bits per heavy atom. The van der Waals surface area contributed by atoms with Crippen molar-refractivity contribution < 1.29 is 9.90 Å². The highest BCUT2D eigenvalue weighted by Crippen LogP contribution is 2.22. The number of carboxylic acid groups (broad SMARTS) is 1. The molecule has 2 atom stereocenters. The van der Waals surface area contributed by atoms with Gasteiger partial charge in [0.25, 0.3) is 0 Å². The minimum absolute atomic E-state index is 0.0177. The van der Waals surface area contributed by atoms with Crippen LogP contribution in [0.3, 0.4) is 0 Å².